The van der Waals surface area contributed by atoms with Gasteiger partial charge in [0.1, 0.15) is 11.2 Å². The fourth-order valence-electron chi connectivity index (χ4n) is 8.05. The van der Waals surface area contributed by atoms with Crippen molar-refractivity contribution in [1.82, 2.24) is 15.0 Å². The first-order valence-electron chi connectivity index (χ1n) is 18.5. The number of aromatic nitrogens is 3. The number of fused-ring (bicyclic) bond motifs is 9. The number of rotatable bonds is 5. The number of benzene rings is 8. The van der Waals surface area contributed by atoms with Crippen LogP contribution in [0, 0.1) is 0 Å². The molecule has 0 amide bonds. The SMILES string of the molecule is c1ccc(-c2ccc(-c3cccc(-c4cc(-c5ccncc5)nc(-c5ccc6c(c5)oc5cc7c8ccccc8c8ccccc8c7cc56)n4)c3)cc2)cc1. The van der Waals surface area contributed by atoms with Crippen LogP contribution in [0.5, 0.6) is 0 Å². The van der Waals surface area contributed by atoms with Crippen LogP contribution < -0.4 is 0 Å². The van der Waals surface area contributed by atoms with E-state index in [2.05, 4.69) is 163 Å². The zero-order chi connectivity index (χ0) is 36.3. The summed E-state index contributed by atoms with van der Waals surface area (Å²) in [4.78, 5) is 14.6. The molecule has 0 aliphatic carbocycles. The first kappa shape index (κ1) is 31.1. The Hall–Kier alpha value is -7.43. The molecular weight excluding hydrogens is 671 g/mol. The summed E-state index contributed by atoms with van der Waals surface area (Å²) in [5, 5.41) is 9.54. The van der Waals surface area contributed by atoms with Crippen LogP contribution in [0.3, 0.4) is 0 Å². The summed E-state index contributed by atoms with van der Waals surface area (Å²) < 4.78 is 6.65. The van der Waals surface area contributed by atoms with E-state index in [1.165, 1.54) is 43.4 Å². The normalized spacial score (nSPS) is 11.6. The Morgan fingerprint density at radius 1 is 0.291 bits per heavy atom. The lowest BCUT2D eigenvalue weighted by atomic mass is 9.93. The second-order valence-electron chi connectivity index (χ2n) is 14.0. The summed E-state index contributed by atoms with van der Waals surface area (Å²) in [6.45, 7) is 0. The summed E-state index contributed by atoms with van der Waals surface area (Å²) in [6, 6.07) is 62.0. The third-order valence-corrected chi connectivity index (χ3v) is 10.8. The van der Waals surface area contributed by atoms with Gasteiger partial charge < -0.3 is 4.42 Å². The molecule has 0 N–H and O–H groups in total. The Morgan fingerprint density at radius 3 is 1.53 bits per heavy atom. The van der Waals surface area contributed by atoms with E-state index < -0.39 is 0 Å². The van der Waals surface area contributed by atoms with Crippen LogP contribution in [0.15, 0.2) is 193 Å². The fourth-order valence-corrected chi connectivity index (χ4v) is 8.05. The van der Waals surface area contributed by atoms with Crippen molar-refractivity contribution in [3.63, 3.8) is 0 Å². The molecule has 0 atom stereocenters. The summed E-state index contributed by atoms with van der Waals surface area (Å²) >= 11 is 0. The van der Waals surface area contributed by atoms with Gasteiger partial charge in [-0.05, 0) is 103 Å². The number of nitrogens with zero attached hydrogens (tertiary/aromatic N) is 3. The molecule has 0 saturated heterocycles. The average Bonchev–Trinajstić information content (AvgIpc) is 3.63. The van der Waals surface area contributed by atoms with Gasteiger partial charge in [-0.15, -0.1) is 0 Å². The molecule has 3 heterocycles. The molecule has 256 valence electrons. The third kappa shape index (κ3) is 5.34. The van der Waals surface area contributed by atoms with Crippen LogP contribution in [0.4, 0.5) is 0 Å². The lowest BCUT2D eigenvalue weighted by Gasteiger charge is -2.11. The van der Waals surface area contributed by atoms with Gasteiger partial charge in [0.15, 0.2) is 5.82 Å². The topological polar surface area (TPSA) is 51.8 Å². The number of hydrogen-bond donors (Lipinski definition) is 0. The smallest absolute Gasteiger partial charge is 0.160 e. The highest BCUT2D eigenvalue weighted by atomic mass is 16.3. The van der Waals surface area contributed by atoms with Crippen molar-refractivity contribution in [2.24, 2.45) is 0 Å². The van der Waals surface area contributed by atoms with Crippen molar-refractivity contribution in [3.05, 3.63) is 188 Å². The van der Waals surface area contributed by atoms with Crippen LogP contribution in [0.2, 0.25) is 0 Å². The van der Waals surface area contributed by atoms with Gasteiger partial charge in [0.05, 0.1) is 11.4 Å². The highest BCUT2D eigenvalue weighted by Crippen LogP contribution is 2.41. The van der Waals surface area contributed by atoms with Crippen molar-refractivity contribution in [1.29, 1.82) is 0 Å². The molecule has 0 aliphatic rings. The molecule has 8 aromatic carbocycles. The largest absolute Gasteiger partial charge is 0.456 e. The summed E-state index contributed by atoms with van der Waals surface area (Å²) in [5.41, 5.74) is 10.9. The molecule has 0 unspecified atom stereocenters. The molecule has 0 radical (unpaired) electrons. The quantitative estimate of drug-likeness (QED) is 0.168. The van der Waals surface area contributed by atoms with Crippen molar-refractivity contribution >= 4 is 54.3 Å². The molecule has 0 fully saturated rings. The third-order valence-electron chi connectivity index (χ3n) is 10.8. The molecule has 55 heavy (non-hydrogen) atoms. The van der Waals surface area contributed by atoms with Gasteiger partial charge in [0, 0.05) is 39.9 Å². The van der Waals surface area contributed by atoms with Crippen LogP contribution in [0.25, 0.3) is 110 Å². The Kier molecular flexibility index (Phi) is 7.14. The highest BCUT2D eigenvalue weighted by molar-refractivity contribution is 6.28. The van der Waals surface area contributed by atoms with E-state index in [0.29, 0.717) is 5.82 Å². The van der Waals surface area contributed by atoms with E-state index in [9.17, 15) is 0 Å². The first-order valence-corrected chi connectivity index (χ1v) is 18.5. The predicted octanol–water partition coefficient (Wildman–Crippen LogP) is 13.6. The van der Waals surface area contributed by atoms with Gasteiger partial charge in [-0.1, -0.05) is 127 Å². The van der Waals surface area contributed by atoms with Crippen LogP contribution in [-0.4, -0.2) is 15.0 Å². The van der Waals surface area contributed by atoms with E-state index >= 15 is 0 Å². The Bertz CT molecular complexity index is 3240. The second-order valence-corrected chi connectivity index (χ2v) is 14.0. The second kappa shape index (κ2) is 12.6. The van der Waals surface area contributed by atoms with Crippen LogP contribution in [0.1, 0.15) is 0 Å². The molecule has 4 heteroatoms. The molecule has 0 spiro atoms. The van der Waals surface area contributed by atoms with Crippen molar-refractivity contribution in [3.8, 4) is 56.2 Å². The molecular formula is C51H31N3O. The van der Waals surface area contributed by atoms with Crippen molar-refractivity contribution < 1.29 is 4.42 Å². The minimum Gasteiger partial charge on any atom is -0.456 e. The minimum atomic E-state index is 0.631. The summed E-state index contributed by atoms with van der Waals surface area (Å²) in [6.07, 6.45) is 3.60. The number of furan rings is 1. The van der Waals surface area contributed by atoms with Gasteiger partial charge >= 0.3 is 0 Å². The van der Waals surface area contributed by atoms with Crippen LogP contribution in [-0.2, 0) is 0 Å². The van der Waals surface area contributed by atoms with Gasteiger partial charge in [0.25, 0.3) is 0 Å². The lowest BCUT2D eigenvalue weighted by molar-refractivity contribution is 0.669. The Labute approximate surface area is 317 Å². The maximum absolute atomic E-state index is 6.65. The lowest BCUT2D eigenvalue weighted by Crippen LogP contribution is -1.96. The maximum atomic E-state index is 6.65. The molecule has 4 nitrogen and oxygen atoms in total. The zero-order valence-electron chi connectivity index (χ0n) is 29.6. The predicted molar refractivity (Wildman–Crippen MR) is 227 cm³/mol. The molecule has 0 aliphatic heterocycles. The van der Waals surface area contributed by atoms with E-state index in [0.717, 1.165) is 61.1 Å². The minimum absolute atomic E-state index is 0.631. The van der Waals surface area contributed by atoms with Crippen LogP contribution >= 0.6 is 0 Å². The van der Waals surface area contributed by atoms with E-state index in [1.54, 1.807) is 12.4 Å². The molecule has 11 aromatic rings. The molecule has 0 bridgehead atoms. The zero-order valence-corrected chi connectivity index (χ0v) is 29.6. The Balaban J connectivity index is 1.04. The summed E-state index contributed by atoms with van der Waals surface area (Å²) in [5.74, 6) is 0.631. The fraction of sp³-hybridized carbons (Fsp3) is 0. The first-order chi connectivity index (χ1) is 27.2. The number of hydrogen-bond acceptors (Lipinski definition) is 4. The van der Waals surface area contributed by atoms with Gasteiger partial charge in [-0.3, -0.25) is 4.98 Å². The van der Waals surface area contributed by atoms with E-state index in [1.807, 2.05) is 18.2 Å². The molecule has 11 rings (SSSR count). The van der Waals surface area contributed by atoms with E-state index in [4.69, 9.17) is 14.4 Å². The maximum Gasteiger partial charge on any atom is 0.160 e. The summed E-state index contributed by atoms with van der Waals surface area (Å²) in [7, 11) is 0. The Morgan fingerprint density at radius 2 is 0.818 bits per heavy atom. The number of pyridine rings is 1. The van der Waals surface area contributed by atoms with Crippen molar-refractivity contribution in [2.75, 3.05) is 0 Å². The van der Waals surface area contributed by atoms with Crippen molar-refractivity contribution in [2.45, 2.75) is 0 Å². The average molecular weight is 702 g/mol. The van der Waals surface area contributed by atoms with E-state index in [-0.39, 0.29) is 0 Å². The highest BCUT2D eigenvalue weighted by Gasteiger charge is 2.17. The monoisotopic (exact) mass is 701 g/mol. The standard InChI is InChI=1S/C51H31N3O/c1-2-9-32(10-3-1)33-17-19-34(20-18-33)36-11-8-12-37(27-36)48-31-47(35-23-25-52-26-24-35)53-51(54-48)38-21-22-43-46-29-44-41-15-6-4-13-39(41)40-14-5-7-16-42(40)45(44)30-50(46)55-49(43)28-38/h1-31H. The van der Waals surface area contributed by atoms with Gasteiger partial charge in [-0.25, -0.2) is 9.97 Å². The van der Waals surface area contributed by atoms with Gasteiger partial charge in [0.2, 0.25) is 0 Å². The molecule has 3 aromatic heterocycles. The molecule has 0 saturated carbocycles. The van der Waals surface area contributed by atoms with Gasteiger partial charge in [-0.2, -0.15) is 0 Å².